The highest BCUT2D eigenvalue weighted by Gasteiger charge is 2.25. The quantitative estimate of drug-likeness (QED) is 0.175. The van der Waals surface area contributed by atoms with E-state index in [-0.39, 0.29) is 10.8 Å². The van der Waals surface area contributed by atoms with Crippen LogP contribution >= 0.6 is 15.9 Å². The average Bonchev–Trinajstić information content (AvgIpc) is 3.68. The fourth-order valence-electron chi connectivity index (χ4n) is 8.57. The molecular weight excluding hydrogens is 734 g/mol. The number of halogens is 1. The summed E-state index contributed by atoms with van der Waals surface area (Å²) in [7, 11) is 0. The molecule has 3 aromatic heterocycles. The summed E-state index contributed by atoms with van der Waals surface area (Å²) in [6, 6.07) is 49.7. The molecule has 0 saturated heterocycles. The number of hydrogen-bond donors (Lipinski definition) is 0. The topological polar surface area (TPSA) is 22.8 Å². The van der Waals surface area contributed by atoms with Gasteiger partial charge in [-0.2, -0.15) is 0 Å². The number of hydrogen-bond acceptors (Lipinski definition) is 1. The Balaban J connectivity index is 1.37. The normalized spacial score (nSPS) is 12.6. The zero-order valence-corrected chi connectivity index (χ0v) is 33.7. The number of nitrogens with zero attached hydrogens (tertiary/aromatic N) is 3. The molecule has 10 aromatic rings. The van der Waals surface area contributed by atoms with Gasteiger partial charge in [-0.25, -0.2) is 0 Å². The lowest BCUT2D eigenvalue weighted by Crippen LogP contribution is -2.10. The van der Waals surface area contributed by atoms with E-state index >= 15 is 0 Å². The Kier molecular flexibility index (Phi) is 7.47. The van der Waals surface area contributed by atoms with E-state index in [1.54, 1.807) is 0 Å². The lowest BCUT2D eigenvalue weighted by atomic mass is 9.85. The molecule has 0 unspecified atom stereocenters. The van der Waals surface area contributed by atoms with Crippen molar-refractivity contribution in [1.29, 1.82) is 0 Å². The molecule has 3 heterocycles. The van der Waals surface area contributed by atoms with Gasteiger partial charge in [-0.05, 0) is 126 Å². The highest BCUT2D eigenvalue weighted by molar-refractivity contribution is 9.10. The highest BCUT2D eigenvalue weighted by Crippen LogP contribution is 2.45. The second-order valence-electron chi connectivity index (χ2n) is 17.1. The van der Waals surface area contributed by atoms with Crippen molar-refractivity contribution in [3.05, 3.63) is 161 Å². The minimum Gasteiger partial charge on any atom is -0.308 e. The SMILES string of the molecule is CC(C)(C)c1ccc2c(c1)c1cc(C(C)(C)C)ccc1n2-c1cc(-c2cccnc2)cc(-n2c3cc4ccccc4cc3c3c4ccccc4ccc32)c1Br. The first-order valence-electron chi connectivity index (χ1n) is 19.1. The maximum absolute atomic E-state index is 4.58. The van der Waals surface area contributed by atoms with Crippen LogP contribution in [0.3, 0.4) is 0 Å². The van der Waals surface area contributed by atoms with Crippen LogP contribution < -0.4 is 0 Å². The van der Waals surface area contributed by atoms with E-state index in [1.165, 1.54) is 76.3 Å². The Bertz CT molecular complexity index is 3100. The Labute approximate surface area is 330 Å². The summed E-state index contributed by atoms with van der Waals surface area (Å²) in [6.07, 6.45) is 3.82. The van der Waals surface area contributed by atoms with Crippen LogP contribution in [0.4, 0.5) is 0 Å². The first kappa shape index (κ1) is 33.8. The third-order valence-electron chi connectivity index (χ3n) is 11.5. The molecule has 0 bridgehead atoms. The first-order chi connectivity index (χ1) is 26.5. The minimum absolute atomic E-state index is 0.0170. The van der Waals surface area contributed by atoms with Crippen LogP contribution in [-0.2, 0) is 10.8 Å². The third kappa shape index (κ3) is 5.33. The van der Waals surface area contributed by atoms with E-state index in [0.29, 0.717) is 0 Å². The molecule has 0 saturated carbocycles. The smallest absolute Gasteiger partial charge is 0.0657 e. The van der Waals surface area contributed by atoms with Crippen LogP contribution in [-0.4, -0.2) is 14.1 Å². The van der Waals surface area contributed by atoms with E-state index in [1.807, 2.05) is 18.5 Å². The average molecular weight is 777 g/mol. The van der Waals surface area contributed by atoms with Gasteiger partial charge in [0.05, 0.1) is 37.9 Å². The molecule has 0 fully saturated rings. The van der Waals surface area contributed by atoms with Crippen molar-refractivity contribution < 1.29 is 0 Å². The van der Waals surface area contributed by atoms with E-state index < -0.39 is 0 Å². The molecular formula is C51H42BrN3. The van der Waals surface area contributed by atoms with Crippen molar-refractivity contribution in [2.45, 2.75) is 52.4 Å². The number of benzene rings is 7. The fourth-order valence-corrected chi connectivity index (χ4v) is 9.15. The number of aromatic nitrogens is 3. The van der Waals surface area contributed by atoms with Crippen LogP contribution in [0, 0.1) is 0 Å². The van der Waals surface area contributed by atoms with Gasteiger partial charge in [0, 0.05) is 39.5 Å². The summed E-state index contributed by atoms with van der Waals surface area (Å²) in [5.41, 5.74) is 11.7. The van der Waals surface area contributed by atoms with E-state index in [0.717, 1.165) is 27.0 Å². The van der Waals surface area contributed by atoms with E-state index in [4.69, 9.17) is 0 Å². The molecule has 0 aliphatic carbocycles. The molecule has 0 atom stereocenters. The molecule has 0 aliphatic heterocycles. The third-order valence-corrected chi connectivity index (χ3v) is 12.3. The predicted octanol–water partition coefficient (Wildman–Crippen LogP) is 14.6. The van der Waals surface area contributed by atoms with Crippen molar-refractivity contribution in [1.82, 2.24) is 14.1 Å². The Morgan fingerprint density at radius 2 is 1.02 bits per heavy atom. The van der Waals surface area contributed by atoms with Crippen LogP contribution in [0.1, 0.15) is 52.7 Å². The van der Waals surface area contributed by atoms with Crippen LogP contribution in [0.25, 0.3) is 87.7 Å². The predicted molar refractivity (Wildman–Crippen MR) is 238 cm³/mol. The summed E-state index contributed by atoms with van der Waals surface area (Å²) < 4.78 is 5.97. The molecule has 268 valence electrons. The van der Waals surface area contributed by atoms with Gasteiger partial charge >= 0.3 is 0 Å². The van der Waals surface area contributed by atoms with E-state index in [9.17, 15) is 0 Å². The molecule has 3 nitrogen and oxygen atoms in total. The molecule has 4 heteroatoms. The Morgan fingerprint density at radius 1 is 0.455 bits per heavy atom. The van der Waals surface area contributed by atoms with Crippen LogP contribution in [0.15, 0.2) is 150 Å². The first-order valence-corrected chi connectivity index (χ1v) is 19.9. The van der Waals surface area contributed by atoms with Crippen molar-refractivity contribution in [3.63, 3.8) is 0 Å². The monoisotopic (exact) mass is 775 g/mol. The van der Waals surface area contributed by atoms with Gasteiger partial charge in [-0.3, -0.25) is 4.98 Å². The highest BCUT2D eigenvalue weighted by atomic mass is 79.9. The van der Waals surface area contributed by atoms with Crippen molar-refractivity contribution in [2.75, 3.05) is 0 Å². The summed E-state index contributed by atoms with van der Waals surface area (Å²) >= 11 is 4.31. The van der Waals surface area contributed by atoms with Crippen LogP contribution in [0.5, 0.6) is 0 Å². The summed E-state index contributed by atoms with van der Waals surface area (Å²) in [4.78, 5) is 4.58. The molecule has 0 spiro atoms. The number of pyridine rings is 1. The maximum Gasteiger partial charge on any atom is 0.0657 e. The van der Waals surface area contributed by atoms with Crippen molar-refractivity contribution >= 4 is 81.1 Å². The van der Waals surface area contributed by atoms with E-state index in [2.05, 4.69) is 199 Å². The molecule has 0 radical (unpaired) electrons. The number of rotatable bonds is 3. The van der Waals surface area contributed by atoms with Gasteiger partial charge in [0.25, 0.3) is 0 Å². The van der Waals surface area contributed by atoms with Crippen LogP contribution in [0.2, 0.25) is 0 Å². The molecule has 10 rings (SSSR count). The summed E-state index contributed by atoms with van der Waals surface area (Å²) in [6.45, 7) is 13.8. The standard InChI is InChI=1S/C51H42BrN3/c1-50(2,3)36-18-21-42-39(28-36)40-29-37(51(4,5)6)19-22-43(40)54(42)46-26-35(34-15-11-23-53-30-34)27-47(49(46)52)55-44-20-17-31-12-9-10-16-38(31)48(44)41-24-32-13-7-8-14-33(32)25-45(41)55/h7-30H,1-6H3. The van der Waals surface area contributed by atoms with Crippen molar-refractivity contribution in [2.24, 2.45) is 0 Å². The second-order valence-corrected chi connectivity index (χ2v) is 17.9. The van der Waals surface area contributed by atoms with Gasteiger partial charge in [0.2, 0.25) is 0 Å². The molecule has 7 aromatic carbocycles. The van der Waals surface area contributed by atoms with Gasteiger partial charge in [0.15, 0.2) is 0 Å². The van der Waals surface area contributed by atoms with Gasteiger partial charge in [-0.15, -0.1) is 0 Å². The van der Waals surface area contributed by atoms with Gasteiger partial charge in [-0.1, -0.05) is 114 Å². The summed E-state index contributed by atoms with van der Waals surface area (Å²) in [5, 5.41) is 9.99. The molecule has 0 aliphatic rings. The Hall–Kier alpha value is -5.71. The summed E-state index contributed by atoms with van der Waals surface area (Å²) in [5.74, 6) is 0. The zero-order valence-electron chi connectivity index (χ0n) is 32.1. The molecule has 55 heavy (non-hydrogen) atoms. The zero-order chi connectivity index (χ0) is 37.8. The lowest BCUT2D eigenvalue weighted by molar-refractivity contribution is 0.590. The van der Waals surface area contributed by atoms with Crippen molar-refractivity contribution in [3.8, 4) is 22.5 Å². The van der Waals surface area contributed by atoms with Gasteiger partial charge in [0.1, 0.15) is 0 Å². The minimum atomic E-state index is 0.0170. The second kappa shape index (κ2) is 12.1. The largest absolute Gasteiger partial charge is 0.308 e. The fraction of sp³-hybridized carbons (Fsp3) is 0.157. The molecule has 0 N–H and O–H groups in total. The molecule has 0 amide bonds. The maximum atomic E-state index is 4.58. The number of fused-ring (bicyclic) bond motifs is 9. The Morgan fingerprint density at radius 3 is 1.62 bits per heavy atom. The van der Waals surface area contributed by atoms with Gasteiger partial charge < -0.3 is 9.13 Å². The lowest BCUT2D eigenvalue weighted by Gasteiger charge is -2.20.